The molecule has 3 atom stereocenters. The van der Waals surface area contributed by atoms with Crippen LogP contribution in [0, 0.1) is 0 Å². The van der Waals surface area contributed by atoms with E-state index in [-0.39, 0.29) is 23.0 Å². The highest BCUT2D eigenvalue weighted by atomic mass is 32.2. The Morgan fingerprint density at radius 3 is 2.82 bits per heavy atom. The Labute approximate surface area is 206 Å². The van der Waals surface area contributed by atoms with Gasteiger partial charge in [-0.3, -0.25) is 4.79 Å². The number of carbonyl (C=O) groups is 2. The lowest BCUT2D eigenvalue weighted by molar-refractivity contribution is -0.121. The van der Waals surface area contributed by atoms with Crippen molar-refractivity contribution in [3.8, 4) is 0 Å². The third-order valence-corrected chi connectivity index (χ3v) is 8.60. The number of urea groups is 1. The second-order valence-corrected chi connectivity index (χ2v) is 10.6. The van der Waals surface area contributed by atoms with E-state index in [1.54, 1.807) is 4.68 Å². The smallest absolute Gasteiger partial charge is 0.315 e. The lowest BCUT2D eigenvalue weighted by Crippen LogP contribution is -2.58. The molecule has 2 aliphatic heterocycles. The maximum atomic E-state index is 12.1. The number of thioether (sulfide) groups is 1. The van der Waals surface area contributed by atoms with Gasteiger partial charge in [-0.1, -0.05) is 25.0 Å². The molecule has 34 heavy (non-hydrogen) atoms. The predicted molar refractivity (Wildman–Crippen MR) is 132 cm³/mol. The normalized spacial score (nSPS) is 25.7. The molecular formula is C23H40N6O4S. The SMILES string of the molecule is CCCc1cn(CCOCCOCCNC(=O)CCCC[C@@H]2SC[C@]3(C)NC(=O)N[C@]23C)nn1. The highest BCUT2D eigenvalue weighted by Crippen LogP contribution is 2.47. The maximum absolute atomic E-state index is 12.1. The van der Waals surface area contributed by atoms with Gasteiger partial charge in [0.25, 0.3) is 0 Å². The van der Waals surface area contributed by atoms with Crippen LogP contribution in [0.25, 0.3) is 0 Å². The third kappa shape index (κ3) is 7.08. The van der Waals surface area contributed by atoms with Gasteiger partial charge in [-0.2, -0.15) is 11.8 Å². The Bertz CT molecular complexity index is 808. The molecule has 2 saturated heterocycles. The molecule has 3 heterocycles. The maximum Gasteiger partial charge on any atom is 0.315 e. The van der Waals surface area contributed by atoms with Crippen molar-refractivity contribution in [2.45, 2.75) is 82.2 Å². The number of hydrogen-bond acceptors (Lipinski definition) is 7. The third-order valence-electron chi connectivity index (χ3n) is 6.74. The van der Waals surface area contributed by atoms with Crippen LogP contribution in [-0.2, 0) is 27.2 Å². The van der Waals surface area contributed by atoms with Crippen molar-refractivity contribution in [3.05, 3.63) is 11.9 Å². The number of ether oxygens (including phenoxy) is 2. The summed E-state index contributed by atoms with van der Waals surface area (Å²) in [6, 6.07) is -0.0730. The van der Waals surface area contributed by atoms with Gasteiger partial charge in [0.15, 0.2) is 0 Å². The number of nitrogens with zero attached hydrogens (tertiary/aromatic N) is 3. The number of nitrogens with one attached hydrogen (secondary N) is 3. The molecule has 0 radical (unpaired) electrons. The molecule has 0 bridgehead atoms. The largest absolute Gasteiger partial charge is 0.377 e. The Hall–Kier alpha value is -1.85. The Morgan fingerprint density at radius 2 is 2.03 bits per heavy atom. The van der Waals surface area contributed by atoms with Crippen LogP contribution < -0.4 is 16.0 Å². The van der Waals surface area contributed by atoms with E-state index >= 15 is 0 Å². The number of hydrogen-bond donors (Lipinski definition) is 3. The van der Waals surface area contributed by atoms with Gasteiger partial charge in [0.05, 0.1) is 49.7 Å². The quantitative estimate of drug-likeness (QED) is 0.236. The number of aryl methyl sites for hydroxylation is 1. The fraction of sp³-hybridized carbons (Fsp3) is 0.826. The van der Waals surface area contributed by atoms with Crippen LogP contribution in [0.2, 0.25) is 0 Å². The van der Waals surface area contributed by atoms with Crippen molar-refractivity contribution in [3.63, 3.8) is 0 Å². The second kappa shape index (κ2) is 12.7. The molecule has 3 amide bonds. The lowest BCUT2D eigenvalue weighted by atomic mass is 9.79. The molecule has 2 aliphatic rings. The van der Waals surface area contributed by atoms with Crippen LogP contribution in [0.1, 0.15) is 58.6 Å². The summed E-state index contributed by atoms with van der Waals surface area (Å²) in [5.74, 6) is 0.973. The number of unbranched alkanes of at least 4 members (excludes halogenated alkanes) is 1. The Kier molecular flexibility index (Phi) is 10.0. The summed E-state index contributed by atoms with van der Waals surface area (Å²) < 4.78 is 12.9. The summed E-state index contributed by atoms with van der Waals surface area (Å²) in [6.07, 6.45) is 7.29. The molecule has 3 rings (SSSR count). The molecule has 0 saturated carbocycles. The summed E-state index contributed by atoms with van der Waals surface area (Å²) in [5.41, 5.74) is 0.587. The summed E-state index contributed by atoms with van der Waals surface area (Å²) in [6.45, 7) is 9.59. The molecule has 11 heteroatoms. The van der Waals surface area contributed by atoms with Crippen LogP contribution in [0.3, 0.4) is 0 Å². The van der Waals surface area contributed by atoms with Gasteiger partial charge in [-0.25, -0.2) is 9.48 Å². The van der Waals surface area contributed by atoms with Gasteiger partial charge in [-0.15, -0.1) is 5.10 Å². The molecule has 0 unspecified atom stereocenters. The van der Waals surface area contributed by atoms with E-state index in [2.05, 4.69) is 47.0 Å². The standard InChI is InChI=1S/C23H40N6O4S/c1-4-7-18-16-29(28-27-18)11-13-33-15-14-32-12-10-24-20(30)9-6-5-8-19-23(3)22(2,17-34-19)25-21(31)26-23/h16,19H,4-15,17H2,1-3H3,(H,24,30)(H2,25,26,31)/t19-,22-,23+/m0/s1. The molecule has 1 aromatic rings. The topological polar surface area (TPSA) is 119 Å². The minimum absolute atomic E-state index is 0.0566. The fourth-order valence-corrected chi connectivity index (χ4v) is 6.37. The van der Waals surface area contributed by atoms with Gasteiger partial charge in [-0.05, 0) is 33.1 Å². The molecule has 1 aromatic heterocycles. The molecule has 10 nitrogen and oxygen atoms in total. The van der Waals surface area contributed by atoms with E-state index in [4.69, 9.17) is 9.47 Å². The van der Waals surface area contributed by atoms with Crippen molar-refractivity contribution in [2.24, 2.45) is 0 Å². The number of aromatic nitrogens is 3. The van der Waals surface area contributed by atoms with Gasteiger partial charge >= 0.3 is 6.03 Å². The summed E-state index contributed by atoms with van der Waals surface area (Å²) in [5, 5.41) is 17.6. The number of amides is 3. The summed E-state index contributed by atoms with van der Waals surface area (Å²) in [7, 11) is 0. The van der Waals surface area contributed by atoms with Crippen LogP contribution >= 0.6 is 11.8 Å². The van der Waals surface area contributed by atoms with Crippen LogP contribution in [0.4, 0.5) is 4.79 Å². The van der Waals surface area contributed by atoms with Crippen molar-refractivity contribution in [1.82, 2.24) is 30.9 Å². The van der Waals surface area contributed by atoms with E-state index in [0.29, 0.717) is 51.2 Å². The highest BCUT2D eigenvalue weighted by molar-refractivity contribution is 8.00. The minimum atomic E-state index is -0.230. The molecule has 2 fully saturated rings. The average Bonchev–Trinajstić information content (AvgIpc) is 3.40. The van der Waals surface area contributed by atoms with Gasteiger partial charge in [0.1, 0.15) is 0 Å². The van der Waals surface area contributed by atoms with Gasteiger partial charge < -0.3 is 25.4 Å². The first kappa shape index (κ1) is 26.7. The van der Waals surface area contributed by atoms with Crippen molar-refractivity contribution in [1.29, 1.82) is 0 Å². The first-order valence-corrected chi connectivity index (χ1v) is 13.4. The predicted octanol–water partition coefficient (Wildman–Crippen LogP) is 1.89. The average molecular weight is 497 g/mol. The summed E-state index contributed by atoms with van der Waals surface area (Å²) >= 11 is 1.91. The van der Waals surface area contributed by atoms with Crippen molar-refractivity contribution >= 4 is 23.7 Å². The molecular weight excluding hydrogens is 456 g/mol. The van der Waals surface area contributed by atoms with Crippen LogP contribution in [0.15, 0.2) is 6.20 Å². The molecule has 3 N–H and O–H groups in total. The summed E-state index contributed by atoms with van der Waals surface area (Å²) in [4.78, 5) is 23.9. The number of carbonyl (C=O) groups excluding carboxylic acids is 2. The Morgan fingerprint density at radius 1 is 1.24 bits per heavy atom. The van der Waals surface area contributed by atoms with Crippen LogP contribution in [0.5, 0.6) is 0 Å². The fourth-order valence-electron chi connectivity index (χ4n) is 4.48. The molecule has 192 valence electrons. The second-order valence-electron chi connectivity index (χ2n) is 9.46. The van der Waals surface area contributed by atoms with Gasteiger partial charge in [0.2, 0.25) is 5.91 Å². The highest BCUT2D eigenvalue weighted by Gasteiger charge is 2.60. The minimum Gasteiger partial charge on any atom is -0.377 e. The van der Waals surface area contributed by atoms with Gasteiger partial charge in [0, 0.05) is 30.2 Å². The van der Waals surface area contributed by atoms with E-state index in [1.807, 2.05) is 18.0 Å². The van der Waals surface area contributed by atoms with E-state index in [9.17, 15) is 9.59 Å². The van der Waals surface area contributed by atoms with Crippen molar-refractivity contribution in [2.75, 3.05) is 38.7 Å². The number of fused-ring (bicyclic) bond motifs is 1. The lowest BCUT2D eigenvalue weighted by Gasteiger charge is -2.35. The first-order chi connectivity index (χ1) is 16.4. The van der Waals surface area contributed by atoms with E-state index < -0.39 is 0 Å². The zero-order valence-electron chi connectivity index (χ0n) is 20.7. The monoisotopic (exact) mass is 496 g/mol. The Balaban J connectivity index is 1.13. The number of rotatable bonds is 16. The first-order valence-electron chi connectivity index (χ1n) is 12.4. The zero-order chi connectivity index (χ0) is 24.4. The van der Waals surface area contributed by atoms with E-state index in [1.165, 1.54) is 0 Å². The molecule has 0 aromatic carbocycles. The van der Waals surface area contributed by atoms with E-state index in [0.717, 1.165) is 43.6 Å². The molecule has 0 spiro atoms. The van der Waals surface area contributed by atoms with Crippen LogP contribution in [-0.4, -0.2) is 82.0 Å². The van der Waals surface area contributed by atoms with Crippen molar-refractivity contribution < 1.29 is 19.1 Å². The molecule has 0 aliphatic carbocycles. The zero-order valence-corrected chi connectivity index (χ0v) is 21.5.